The number of phenols is 1. The summed E-state index contributed by atoms with van der Waals surface area (Å²) >= 11 is 12.7. The van der Waals surface area contributed by atoms with Crippen LogP contribution in [0.1, 0.15) is 0 Å². The molecule has 11 N–H and O–H groups in total. The third-order valence-corrected chi connectivity index (χ3v) is 18.8. The van der Waals surface area contributed by atoms with Crippen molar-refractivity contribution >= 4 is 196 Å². The Balaban J connectivity index is 0.839. The van der Waals surface area contributed by atoms with E-state index in [0.717, 1.165) is 78.9 Å². The van der Waals surface area contributed by atoms with Gasteiger partial charge in [-0.05, 0) is 131 Å². The van der Waals surface area contributed by atoms with Gasteiger partial charge in [0.2, 0.25) is 34.4 Å². The van der Waals surface area contributed by atoms with Crippen molar-refractivity contribution in [3.05, 3.63) is 150 Å². The lowest BCUT2D eigenvalue weighted by molar-refractivity contribution is 0.480. The molecule has 33 nitrogen and oxygen atoms in total. The number of halogens is 2. The second-order valence-electron chi connectivity index (χ2n) is 19.3. The summed E-state index contributed by atoms with van der Waals surface area (Å²) in [6, 6.07) is 27.4. The summed E-state index contributed by atoms with van der Waals surface area (Å²) in [5.74, 6) is -1.52. The first kappa shape index (κ1) is 64.8. The number of benzene rings is 9. The highest BCUT2D eigenvalue weighted by atomic mass is 35.5. The summed E-state index contributed by atoms with van der Waals surface area (Å²) in [6.07, 6.45) is 0. The molecule has 476 valence electrons. The summed E-state index contributed by atoms with van der Waals surface area (Å²) in [5, 5.41) is 37.1. The van der Waals surface area contributed by atoms with Crippen molar-refractivity contribution in [2.75, 3.05) is 21.3 Å². The van der Waals surface area contributed by atoms with Crippen molar-refractivity contribution in [2.24, 2.45) is 20.5 Å². The number of phenolic OH excluding ortho intramolecular Hbond substituents is 1. The Labute approximate surface area is 532 Å². The molecule has 0 amide bonds. The molecular formula is C52H34Cl2N14O19S6. The van der Waals surface area contributed by atoms with E-state index in [0.29, 0.717) is 11.4 Å². The van der Waals surface area contributed by atoms with Crippen LogP contribution >= 0.6 is 23.2 Å². The van der Waals surface area contributed by atoms with E-state index in [1.165, 1.54) is 48.5 Å². The molecule has 93 heavy (non-hydrogen) atoms. The minimum absolute atomic E-state index is 0.0193. The zero-order chi connectivity index (χ0) is 66.9. The monoisotopic (exact) mass is 1420 g/mol. The Morgan fingerprint density at radius 2 is 0.785 bits per heavy atom. The number of aromatic nitrogens is 6. The average molecular weight is 1420 g/mol. The molecule has 0 unspecified atom stereocenters. The van der Waals surface area contributed by atoms with E-state index >= 15 is 0 Å². The maximum absolute atomic E-state index is 12.7. The van der Waals surface area contributed by atoms with Gasteiger partial charge >= 0.3 is 0 Å². The first-order chi connectivity index (χ1) is 43.5. The summed E-state index contributed by atoms with van der Waals surface area (Å²) in [6.45, 7) is 0. The van der Waals surface area contributed by atoms with E-state index in [-0.39, 0.29) is 89.5 Å². The molecule has 0 radical (unpaired) electrons. The van der Waals surface area contributed by atoms with E-state index in [2.05, 4.69) is 71.6 Å². The fourth-order valence-corrected chi connectivity index (χ4v) is 13.7. The molecule has 0 spiro atoms. The Morgan fingerprint density at radius 3 is 1.25 bits per heavy atom. The Morgan fingerprint density at radius 1 is 0.344 bits per heavy atom. The zero-order valence-electron chi connectivity index (χ0n) is 45.5. The number of azo groups is 2. The number of nitrogens with one attached hydrogen (secondary N) is 4. The summed E-state index contributed by atoms with van der Waals surface area (Å²) in [7, 11) is -30.0. The Kier molecular flexibility index (Phi) is 16.8. The van der Waals surface area contributed by atoms with E-state index < -0.39 is 118 Å². The third kappa shape index (κ3) is 14.2. The fourth-order valence-electron chi connectivity index (χ4n) is 9.32. The van der Waals surface area contributed by atoms with E-state index in [9.17, 15) is 82.9 Å². The Hall–Kier alpha value is -9.72. The molecule has 0 saturated carbocycles. The van der Waals surface area contributed by atoms with Gasteiger partial charge in [0.25, 0.3) is 60.7 Å². The lowest BCUT2D eigenvalue weighted by Gasteiger charge is -2.14. The van der Waals surface area contributed by atoms with Gasteiger partial charge in [-0.3, -0.25) is 27.3 Å². The minimum Gasteiger partial charge on any atom is -0.505 e. The van der Waals surface area contributed by atoms with Gasteiger partial charge in [0.05, 0.1) is 22.0 Å². The summed E-state index contributed by atoms with van der Waals surface area (Å²) < 4.78 is 209. The molecule has 0 saturated heterocycles. The first-order valence-corrected chi connectivity index (χ1v) is 34.6. The smallest absolute Gasteiger partial charge is 0.296 e. The largest absolute Gasteiger partial charge is 0.505 e. The topological polar surface area (TPSA) is 521 Å². The third-order valence-electron chi connectivity index (χ3n) is 13.1. The highest BCUT2D eigenvalue weighted by Crippen LogP contribution is 2.44. The van der Waals surface area contributed by atoms with Crippen LogP contribution in [0.3, 0.4) is 0 Å². The summed E-state index contributed by atoms with van der Waals surface area (Å²) in [5.41, 5.74) is -1.06. The van der Waals surface area contributed by atoms with Crippen molar-refractivity contribution in [3.63, 3.8) is 0 Å². The molecule has 0 aliphatic carbocycles. The van der Waals surface area contributed by atoms with Gasteiger partial charge in [0.1, 0.15) is 35.9 Å². The van der Waals surface area contributed by atoms with Gasteiger partial charge in [0, 0.05) is 49.4 Å². The maximum atomic E-state index is 12.7. The lowest BCUT2D eigenvalue weighted by Crippen LogP contribution is -2.06. The van der Waals surface area contributed by atoms with Gasteiger partial charge < -0.3 is 26.4 Å². The van der Waals surface area contributed by atoms with Crippen LogP contribution in [-0.2, 0) is 60.7 Å². The number of hydrogen-bond acceptors (Lipinski definition) is 27. The number of rotatable bonds is 18. The van der Waals surface area contributed by atoms with Crippen molar-refractivity contribution in [2.45, 2.75) is 29.4 Å². The molecule has 9 aromatic carbocycles. The predicted molar refractivity (Wildman–Crippen MR) is 334 cm³/mol. The molecular weight excluding hydrogens is 1390 g/mol. The summed E-state index contributed by atoms with van der Waals surface area (Å²) in [4.78, 5) is 20.5. The SMILES string of the molecule is O=S(=O)(O)c1cc(Nc2nc(Cl)nc(Nc3ccc(Nc4nc(Cl)nc(Nc5cccc6cc(S(=O)(=O)O)c(N=Nc7cc(S(=O)(=O)O)c8cccc(S(=O)(=O)O)c8c7)cc56)n4)cc3)n2)c2c(O)c(N=Nc3cc(S(=O)(=O)O)c4cccc(S(=O)(=O)O)c4c3)ccc2c1. The van der Waals surface area contributed by atoms with Crippen LogP contribution in [0.25, 0.3) is 43.1 Å². The average Bonchev–Trinajstić information content (AvgIpc) is 0.781. The van der Waals surface area contributed by atoms with E-state index in [1.54, 1.807) is 12.1 Å². The molecule has 0 fully saturated rings. The minimum atomic E-state index is -5.08. The van der Waals surface area contributed by atoms with Crippen molar-refractivity contribution in [1.29, 1.82) is 0 Å². The van der Waals surface area contributed by atoms with Crippen LogP contribution in [0, 0.1) is 0 Å². The van der Waals surface area contributed by atoms with Gasteiger partial charge in [0.15, 0.2) is 5.75 Å². The molecule has 41 heteroatoms. The van der Waals surface area contributed by atoms with Gasteiger partial charge in [-0.1, -0.05) is 42.5 Å². The van der Waals surface area contributed by atoms with Crippen LogP contribution in [0.15, 0.2) is 189 Å². The quantitative estimate of drug-likeness (QED) is 0.0281. The highest BCUT2D eigenvalue weighted by Gasteiger charge is 2.26. The van der Waals surface area contributed by atoms with Gasteiger partial charge in [-0.15, -0.1) is 10.2 Å². The number of anilines is 8. The van der Waals surface area contributed by atoms with Crippen LogP contribution in [0.4, 0.5) is 69.3 Å². The number of aromatic hydroxyl groups is 1. The second kappa shape index (κ2) is 24.1. The predicted octanol–water partition coefficient (Wildman–Crippen LogP) is 11.0. The van der Waals surface area contributed by atoms with Crippen LogP contribution in [0.2, 0.25) is 10.6 Å². The number of fused-ring (bicyclic) bond motifs is 4. The molecule has 0 atom stereocenters. The molecule has 0 aliphatic rings. The molecule has 0 bridgehead atoms. The van der Waals surface area contributed by atoms with Crippen LogP contribution in [0.5, 0.6) is 5.75 Å². The molecule has 2 heterocycles. The molecule has 0 aliphatic heterocycles. The number of nitrogens with zero attached hydrogens (tertiary/aromatic N) is 10. The van der Waals surface area contributed by atoms with E-state index in [1.807, 2.05) is 0 Å². The standard InChI is InChI=1S/C52H34Cl2N14O19S6/c53-47-59-49(63-51(61-47)57-36-7-1-4-24-17-44(93(85,86)87)38(23-33(24)36)68-66-29-19-35-32(43(21-29)92(82,83)84)6-3-9-41(35)90(76,77)78)55-26-11-13-27(14-12-26)56-50-60-48(54)62-52(64-50)58-39-22-30(88(70,71)72)16-25-10-15-37(46(69)45(25)39)67-65-28-18-34-31(42(20-28)91(79,80)81)5-2-8-40(34)89(73,74)75/h1-23,69H,(H,70,71,72)(H,73,74,75)(H,76,77,78)(H,79,80,81)(H,82,83,84)(H,85,86,87)(H2,55,57,59,61,63)(H2,56,58,60,62,64). The molecule has 11 rings (SSSR count). The second-order valence-corrected chi connectivity index (χ2v) is 28.3. The normalized spacial score (nSPS) is 12.8. The molecule has 2 aromatic heterocycles. The molecule has 11 aromatic rings. The van der Waals surface area contributed by atoms with Gasteiger partial charge in [-0.2, -0.15) is 90.6 Å². The lowest BCUT2D eigenvalue weighted by atomic mass is 10.1. The van der Waals surface area contributed by atoms with E-state index in [4.69, 9.17) is 23.2 Å². The highest BCUT2D eigenvalue weighted by molar-refractivity contribution is 7.87. The van der Waals surface area contributed by atoms with Crippen molar-refractivity contribution in [3.8, 4) is 5.75 Å². The fraction of sp³-hybridized carbons (Fsp3) is 0. The first-order valence-electron chi connectivity index (χ1n) is 25.2. The van der Waals surface area contributed by atoms with Crippen LogP contribution < -0.4 is 21.3 Å². The van der Waals surface area contributed by atoms with Crippen molar-refractivity contribution in [1.82, 2.24) is 29.9 Å². The number of hydrogen-bond donors (Lipinski definition) is 11. The van der Waals surface area contributed by atoms with Crippen molar-refractivity contribution < 1.29 is 82.9 Å². The Bertz CT molecular complexity index is 5830. The zero-order valence-corrected chi connectivity index (χ0v) is 51.9. The van der Waals surface area contributed by atoms with Gasteiger partial charge in [-0.25, -0.2) is 0 Å². The maximum Gasteiger partial charge on any atom is 0.296 e. The van der Waals surface area contributed by atoms with Crippen LogP contribution in [-0.4, -0.2) is 113 Å².